The quantitative estimate of drug-likeness (QED) is 0.872. The second-order valence-electron chi connectivity index (χ2n) is 4.59. The first-order chi connectivity index (χ1) is 10.1. The van der Waals surface area contributed by atoms with E-state index in [-0.39, 0.29) is 5.91 Å². The Kier molecular flexibility index (Phi) is 5.11. The van der Waals surface area contributed by atoms with Gasteiger partial charge in [-0.2, -0.15) is 0 Å². The summed E-state index contributed by atoms with van der Waals surface area (Å²) in [6.45, 7) is 0. The lowest BCUT2D eigenvalue weighted by atomic mass is 10.1. The number of rotatable bonds is 5. The SMILES string of the molecule is NC(=O)c1ccccc1NC(=O)CCc1cccc(Br)c1. The molecule has 0 aliphatic rings. The lowest BCUT2D eigenvalue weighted by Gasteiger charge is -2.08. The molecule has 108 valence electrons. The number of amides is 2. The molecule has 0 aromatic heterocycles. The van der Waals surface area contributed by atoms with Crippen LogP contribution in [0, 0.1) is 0 Å². The third-order valence-corrected chi connectivity index (χ3v) is 3.49. The first-order valence-electron chi connectivity index (χ1n) is 6.49. The normalized spacial score (nSPS) is 10.1. The molecule has 0 radical (unpaired) electrons. The van der Waals surface area contributed by atoms with Crippen molar-refractivity contribution in [1.82, 2.24) is 0 Å². The summed E-state index contributed by atoms with van der Waals surface area (Å²) in [4.78, 5) is 23.3. The highest BCUT2D eigenvalue weighted by atomic mass is 79.9. The number of nitrogens with one attached hydrogen (secondary N) is 1. The molecule has 0 spiro atoms. The fourth-order valence-electron chi connectivity index (χ4n) is 1.97. The van der Waals surface area contributed by atoms with Gasteiger partial charge < -0.3 is 11.1 Å². The summed E-state index contributed by atoms with van der Waals surface area (Å²) >= 11 is 3.40. The van der Waals surface area contributed by atoms with Crippen molar-refractivity contribution in [3.05, 3.63) is 64.1 Å². The number of para-hydroxylation sites is 1. The van der Waals surface area contributed by atoms with Gasteiger partial charge in [-0.15, -0.1) is 0 Å². The lowest BCUT2D eigenvalue weighted by Crippen LogP contribution is -2.18. The van der Waals surface area contributed by atoms with Gasteiger partial charge in [-0.3, -0.25) is 9.59 Å². The minimum atomic E-state index is -0.558. The number of hydrogen-bond acceptors (Lipinski definition) is 2. The van der Waals surface area contributed by atoms with Crippen LogP contribution in [0.2, 0.25) is 0 Å². The smallest absolute Gasteiger partial charge is 0.250 e. The number of primary amides is 1. The van der Waals surface area contributed by atoms with Crippen LogP contribution in [0.5, 0.6) is 0 Å². The number of anilines is 1. The van der Waals surface area contributed by atoms with Crippen molar-refractivity contribution in [2.45, 2.75) is 12.8 Å². The van der Waals surface area contributed by atoms with Crippen molar-refractivity contribution in [2.75, 3.05) is 5.32 Å². The summed E-state index contributed by atoms with van der Waals surface area (Å²) < 4.78 is 0.986. The van der Waals surface area contributed by atoms with Crippen LogP contribution in [0.3, 0.4) is 0 Å². The van der Waals surface area contributed by atoms with Crippen LogP contribution >= 0.6 is 15.9 Å². The minimum absolute atomic E-state index is 0.149. The highest BCUT2D eigenvalue weighted by Crippen LogP contribution is 2.16. The molecule has 2 rings (SSSR count). The second kappa shape index (κ2) is 7.04. The monoisotopic (exact) mass is 346 g/mol. The van der Waals surface area contributed by atoms with Crippen molar-refractivity contribution in [2.24, 2.45) is 5.73 Å². The number of carbonyl (C=O) groups is 2. The van der Waals surface area contributed by atoms with Crippen molar-refractivity contribution in [3.8, 4) is 0 Å². The maximum atomic E-state index is 12.0. The van der Waals surface area contributed by atoms with Gasteiger partial charge in [0.25, 0.3) is 5.91 Å². The van der Waals surface area contributed by atoms with Gasteiger partial charge in [0.15, 0.2) is 0 Å². The van der Waals surface area contributed by atoms with E-state index >= 15 is 0 Å². The summed E-state index contributed by atoms with van der Waals surface area (Å²) in [5.41, 5.74) is 7.11. The Morgan fingerprint density at radius 3 is 2.57 bits per heavy atom. The largest absolute Gasteiger partial charge is 0.366 e. The van der Waals surface area contributed by atoms with E-state index < -0.39 is 5.91 Å². The number of benzene rings is 2. The first-order valence-corrected chi connectivity index (χ1v) is 7.28. The van der Waals surface area contributed by atoms with E-state index in [4.69, 9.17) is 5.73 Å². The van der Waals surface area contributed by atoms with E-state index in [9.17, 15) is 9.59 Å². The van der Waals surface area contributed by atoms with Crippen molar-refractivity contribution in [3.63, 3.8) is 0 Å². The van der Waals surface area contributed by atoms with Gasteiger partial charge in [0.2, 0.25) is 5.91 Å². The third-order valence-electron chi connectivity index (χ3n) is 3.00. The Morgan fingerprint density at radius 1 is 1.10 bits per heavy atom. The van der Waals surface area contributed by atoms with E-state index in [1.165, 1.54) is 0 Å². The lowest BCUT2D eigenvalue weighted by molar-refractivity contribution is -0.116. The second-order valence-corrected chi connectivity index (χ2v) is 5.50. The van der Waals surface area contributed by atoms with Gasteiger partial charge in [-0.05, 0) is 36.2 Å². The predicted molar refractivity (Wildman–Crippen MR) is 86.1 cm³/mol. The molecule has 0 fully saturated rings. The van der Waals surface area contributed by atoms with Gasteiger partial charge >= 0.3 is 0 Å². The Hall–Kier alpha value is -2.14. The molecule has 5 heteroatoms. The van der Waals surface area contributed by atoms with E-state index in [0.717, 1.165) is 10.0 Å². The maximum absolute atomic E-state index is 12.0. The summed E-state index contributed by atoms with van der Waals surface area (Å²) in [6.07, 6.45) is 0.966. The van der Waals surface area contributed by atoms with Crippen molar-refractivity contribution < 1.29 is 9.59 Å². The summed E-state index contributed by atoms with van der Waals surface area (Å²) in [7, 11) is 0. The number of hydrogen-bond donors (Lipinski definition) is 2. The topological polar surface area (TPSA) is 72.2 Å². The molecule has 2 amide bonds. The Balaban J connectivity index is 1.98. The van der Waals surface area contributed by atoms with Crippen LogP contribution in [0.1, 0.15) is 22.3 Å². The fraction of sp³-hybridized carbons (Fsp3) is 0.125. The molecule has 0 unspecified atom stereocenters. The Bertz CT molecular complexity index is 671. The Labute approximate surface area is 131 Å². The average molecular weight is 347 g/mol. The molecular weight excluding hydrogens is 332 g/mol. The number of aryl methyl sites for hydroxylation is 1. The zero-order valence-electron chi connectivity index (χ0n) is 11.3. The van der Waals surface area contributed by atoms with E-state index in [2.05, 4.69) is 21.2 Å². The molecule has 0 saturated heterocycles. The number of halogens is 1. The standard InChI is InChI=1S/C16H15BrN2O2/c17-12-5-3-4-11(10-12)8-9-15(20)19-14-7-2-1-6-13(14)16(18)21/h1-7,10H,8-9H2,(H2,18,21)(H,19,20). The predicted octanol–water partition coefficient (Wildman–Crippen LogP) is 3.12. The van der Waals surface area contributed by atoms with Gasteiger partial charge in [0.05, 0.1) is 11.3 Å². The van der Waals surface area contributed by atoms with Gasteiger partial charge in [0, 0.05) is 10.9 Å². The molecule has 0 aliphatic heterocycles. The average Bonchev–Trinajstić information content (AvgIpc) is 2.45. The molecule has 0 aliphatic carbocycles. The zero-order valence-corrected chi connectivity index (χ0v) is 12.9. The molecule has 2 aromatic carbocycles. The van der Waals surface area contributed by atoms with Crippen LogP contribution in [0.25, 0.3) is 0 Å². The van der Waals surface area contributed by atoms with Crippen LogP contribution < -0.4 is 11.1 Å². The van der Waals surface area contributed by atoms with Gasteiger partial charge in [0.1, 0.15) is 0 Å². The molecule has 21 heavy (non-hydrogen) atoms. The molecule has 0 bridgehead atoms. The molecular formula is C16H15BrN2O2. The molecule has 0 heterocycles. The first kappa shape index (κ1) is 15.3. The van der Waals surface area contributed by atoms with Gasteiger partial charge in [-0.1, -0.05) is 40.2 Å². The van der Waals surface area contributed by atoms with Crippen LogP contribution in [-0.4, -0.2) is 11.8 Å². The van der Waals surface area contributed by atoms with Crippen LogP contribution in [-0.2, 0) is 11.2 Å². The van der Waals surface area contributed by atoms with E-state index in [0.29, 0.717) is 24.1 Å². The molecule has 2 aromatic rings. The Morgan fingerprint density at radius 2 is 1.86 bits per heavy atom. The third kappa shape index (κ3) is 4.43. The van der Waals surface area contributed by atoms with Crippen molar-refractivity contribution >= 4 is 33.4 Å². The summed E-state index contributed by atoms with van der Waals surface area (Å²) in [5.74, 6) is -0.707. The molecule has 0 saturated carbocycles. The summed E-state index contributed by atoms with van der Waals surface area (Å²) in [6, 6.07) is 14.5. The van der Waals surface area contributed by atoms with Crippen molar-refractivity contribution in [1.29, 1.82) is 0 Å². The van der Waals surface area contributed by atoms with E-state index in [1.54, 1.807) is 24.3 Å². The molecule has 0 atom stereocenters. The van der Waals surface area contributed by atoms with Gasteiger partial charge in [-0.25, -0.2) is 0 Å². The number of carbonyl (C=O) groups excluding carboxylic acids is 2. The van der Waals surface area contributed by atoms with Crippen LogP contribution in [0.4, 0.5) is 5.69 Å². The number of nitrogens with two attached hydrogens (primary N) is 1. The summed E-state index contributed by atoms with van der Waals surface area (Å²) in [5, 5.41) is 2.73. The highest BCUT2D eigenvalue weighted by Gasteiger charge is 2.10. The fourth-order valence-corrected chi connectivity index (χ4v) is 2.42. The molecule has 3 N–H and O–H groups in total. The highest BCUT2D eigenvalue weighted by molar-refractivity contribution is 9.10. The zero-order chi connectivity index (χ0) is 15.2. The minimum Gasteiger partial charge on any atom is -0.366 e. The maximum Gasteiger partial charge on any atom is 0.250 e. The van der Waals surface area contributed by atoms with E-state index in [1.807, 2.05) is 24.3 Å². The van der Waals surface area contributed by atoms with Crippen LogP contribution in [0.15, 0.2) is 53.0 Å². The molecule has 4 nitrogen and oxygen atoms in total.